The second-order valence-corrected chi connectivity index (χ2v) is 5.37. The Bertz CT molecular complexity index is 636. The first-order chi connectivity index (χ1) is 10.2. The molecular formula is C18H20O3. The molecule has 110 valence electrons. The van der Waals surface area contributed by atoms with E-state index in [9.17, 15) is 5.11 Å². The van der Waals surface area contributed by atoms with Gasteiger partial charge in [-0.05, 0) is 47.4 Å². The minimum Gasteiger partial charge on any atom is -0.497 e. The van der Waals surface area contributed by atoms with Crippen LogP contribution in [0.4, 0.5) is 0 Å². The van der Waals surface area contributed by atoms with Gasteiger partial charge in [-0.15, -0.1) is 0 Å². The van der Waals surface area contributed by atoms with Crippen LogP contribution in [-0.2, 0) is 12.8 Å². The minimum absolute atomic E-state index is 0.237. The van der Waals surface area contributed by atoms with Crippen molar-refractivity contribution in [2.45, 2.75) is 32.0 Å². The Balaban J connectivity index is 1.79. The van der Waals surface area contributed by atoms with Gasteiger partial charge in [0.05, 0.1) is 7.11 Å². The first kappa shape index (κ1) is 14.0. The van der Waals surface area contributed by atoms with Gasteiger partial charge in [-0.2, -0.15) is 0 Å². The molecule has 2 aromatic rings. The van der Waals surface area contributed by atoms with Crippen LogP contribution in [0.1, 0.15) is 29.7 Å². The van der Waals surface area contributed by atoms with Crippen LogP contribution < -0.4 is 9.47 Å². The van der Waals surface area contributed by atoms with Crippen LogP contribution in [0, 0.1) is 0 Å². The molecule has 1 aliphatic rings. The van der Waals surface area contributed by atoms with Gasteiger partial charge in [0.2, 0.25) is 0 Å². The van der Waals surface area contributed by atoms with Crippen LogP contribution in [0.2, 0.25) is 0 Å². The molecule has 1 N–H and O–H groups in total. The molecule has 0 radical (unpaired) electrons. The molecule has 0 heterocycles. The number of benzene rings is 2. The third kappa shape index (κ3) is 2.74. The molecule has 0 aliphatic heterocycles. The van der Waals surface area contributed by atoms with Gasteiger partial charge in [0.25, 0.3) is 0 Å². The fourth-order valence-electron chi connectivity index (χ4n) is 2.81. The average molecular weight is 284 g/mol. The van der Waals surface area contributed by atoms with E-state index in [0.717, 1.165) is 35.5 Å². The number of aliphatic hydroxyl groups is 1. The molecular weight excluding hydrogens is 264 g/mol. The standard InChI is InChI=1S/C18H20O3/c1-3-12-5-4-6-15(9-12)21-17-10-13-7-8-14(20-2)11-16(13)18(17)19/h4-9,11,17-19H,3,10H2,1-2H3. The van der Waals surface area contributed by atoms with Crippen molar-refractivity contribution < 1.29 is 14.6 Å². The van der Waals surface area contributed by atoms with E-state index in [1.807, 2.05) is 36.4 Å². The predicted octanol–water partition coefficient (Wildman–Crippen LogP) is 3.29. The van der Waals surface area contributed by atoms with E-state index in [1.54, 1.807) is 7.11 Å². The molecule has 2 atom stereocenters. The highest BCUT2D eigenvalue weighted by Crippen LogP contribution is 2.36. The van der Waals surface area contributed by atoms with E-state index in [0.29, 0.717) is 0 Å². The highest BCUT2D eigenvalue weighted by Gasteiger charge is 2.33. The van der Waals surface area contributed by atoms with Gasteiger partial charge in [-0.25, -0.2) is 0 Å². The lowest BCUT2D eigenvalue weighted by molar-refractivity contribution is 0.0492. The summed E-state index contributed by atoms with van der Waals surface area (Å²) >= 11 is 0. The summed E-state index contributed by atoms with van der Waals surface area (Å²) in [4.78, 5) is 0. The van der Waals surface area contributed by atoms with Crippen molar-refractivity contribution in [2.24, 2.45) is 0 Å². The Morgan fingerprint density at radius 2 is 2.00 bits per heavy atom. The normalized spacial score (nSPS) is 20.1. The van der Waals surface area contributed by atoms with Gasteiger partial charge < -0.3 is 14.6 Å². The van der Waals surface area contributed by atoms with Crippen molar-refractivity contribution in [2.75, 3.05) is 7.11 Å². The Labute approximate surface area is 125 Å². The highest BCUT2D eigenvalue weighted by atomic mass is 16.5. The van der Waals surface area contributed by atoms with Crippen LogP contribution in [0.3, 0.4) is 0 Å². The molecule has 3 heteroatoms. The predicted molar refractivity (Wildman–Crippen MR) is 81.9 cm³/mol. The van der Waals surface area contributed by atoms with Crippen molar-refractivity contribution >= 4 is 0 Å². The zero-order valence-electron chi connectivity index (χ0n) is 12.4. The van der Waals surface area contributed by atoms with Crippen LogP contribution in [0.25, 0.3) is 0 Å². The molecule has 0 aromatic heterocycles. The van der Waals surface area contributed by atoms with Gasteiger partial charge in [0, 0.05) is 6.42 Å². The SMILES string of the molecule is CCc1cccc(OC2Cc3ccc(OC)cc3C2O)c1. The third-order valence-corrected chi connectivity index (χ3v) is 4.04. The van der Waals surface area contributed by atoms with Crippen LogP contribution >= 0.6 is 0 Å². The maximum absolute atomic E-state index is 10.5. The molecule has 0 saturated heterocycles. The fraction of sp³-hybridized carbons (Fsp3) is 0.333. The highest BCUT2D eigenvalue weighted by molar-refractivity contribution is 5.42. The second-order valence-electron chi connectivity index (χ2n) is 5.37. The lowest BCUT2D eigenvalue weighted by atomic mass is 10.1. The van der Waals surface area contributed by atoms with Crippen LogP contribution in [0.5, 0.6) is 11.5 Å². The van der Waals surface area contributed by atoms with Crippen molar-refractivity contribution in [1.82, 2.24) is 0 Å². The van der Waals surface area contributed by atoms with Gasteiger partial charge in [0.1, 0.15) is 23.7 Å². The summed E-state index contributed by atoms with van der Waals surface area (Å²) in [6.07, 6.45) is 0.846. The van der Waals surface area contributed by atoms with E-state index >= 15 is 0 Å². The van der Waals surface area contributed by atoms with E-state index in [2.05, 4.69) is 13.0 Å². The Kier molecular flexibility index (Phi) is 3.84. The zero-order chi connectivity index (χ0) is 14.8. The molecule has 3 rings (SSSR count). The Morgan fingerprint density at radius 1 is 1.14 bits per heavy atom. The molecule has 3 nitrogen and oxygen atoms in total. The van der Waals surface area contributed by atoms with Gasteiger partial charge in [-0.3, -0.25) is 0 Å². The third-order valence-electron chi connectivity index (χ3n) is 4.04. The maximum Gasteiger partial charge on any atom is 0.133 e. The molecule has 0 saturated carbocycles. The molecule has 0 bridgehead atoms. The smallest absolute Gasteiger partial charge is 0.133 e. The Morgan fingerprint density at radius 3 is 2.76 bits per heavy atom. The monoisotopic (exact) mass is 284 g/mol. The van der Waals surface area contributed by atoms with Crippen molar-refractivity contribution in [3.63, 3.8) is 0 Å². The number of aryl methyl sites for hydroxylation is 1. The summed E-state index contributed by atoms with van der Waals surface area (Å²) < 4.78 is 11.2. The quantitative estimate of drug-likeness (QED) is 0.936. The van der Waals surface area contributed by atoms with E-state index < -0.39 is 6.10 Å². The van der Waals surface area contributed by atoms with Crippen molar-refractivity contribution in [3.05, 3.63) is 59.2 Å². The molecule has 21 heavy (non-hydrogen) atoms. The molecule has 0 fully saturated rings. The fourth-order valence-corrected chi connectivity index (χ4v) is 2.81. The number of rotatable bonds is 4. The maximum atomic E-state index is 10.5. The molecule has 1 aliphatic carbocycles. The van der Waals surface area contributed by atoms with Crippen molar-refractivity contribution in [1.29, 1.82) is 0 Å². The molecule has 2 aromatic carbocycles. The largest absolute Gasteiger partial charge is 0.497 e. The minimum atomic E-state index is -0.611. The number of fused-ring (bicyclic) bond motifs is 1. The number of ether oxygens (including phenoxy) is 2. The van der Waals surface area contributed by atoms with E-state index in [-0.39, 0.29) is 6.10 Å². The summed E-state index contributed by atoms with van der Waals surface area (Å²) in [5.41, 5.74) is 3.27. The first-order valence-corrected chi connectivity index (χ1v) is 7.31. The van der Waals surface area contributed by atoms with E-state index in [1.165, 1.54) is 5.56 Å². The summed E-state index contributed by atoms with van der Waals surface area (Å²) in [5.74, 6) is 1.58. The number of methoxy groups -OCH3 is 1. The molecule has 0 spiro atoms. The summed E-state index contributed by atoms with van der Waals surface area (Å²) in [6, 6.07) is 13.9. The topological polar surface area (TPSA) is 38.7 Å². The molecule has 2 unspecified atom stereocenters. The first-order valence-electron chi connectivity index (χ1n) is 7.31. The number of hydrogen-bond donors (Lipinski definition) is 1. The number of aliphatic hydroxyl groups excluding tert-OH is 1. The second kappa shape index (κ2) is 5.78. The zero-order valence-corrected chi connectivity index (χ0v) is 12.4. The van der Waals surface area contributed by atoms with Gasteiger partial charge in [-0.1, -0.05) is 25.1 Å². The van der Waals surface area contributed by atoms with Crippen LogP contribution in [-0.4, -0.2) is 18.3 Å². The lowest BCUT2D eigenvalue weighted by Gasteiger charge is -2.18. The van der Waals surface area contributed by atoms with Crippen LogP contribution in [0.15, 0.2) is 42.5 Å². The van der Waals surface area contributed by atoms with Crippen molar-refractivity contribution in [3.8, 4) is 11.5 Å². The average Bonchev–Trinajstić information content (AvgIpc) is 2.83. The van der Waals surface area contributed by atoms with E-state index in [4.69, 9.17) is 9.47 Å². The summed E-state index contributed by atoms with van der Waals surface area (Å²) in [7, 11) is 1.63. The van der Waals surface area contributed by atoms with Gasteiger partial charge >= 0.3 is 0 Å². The summed E-state index contributed by atoms with van der Waals surface area (Å²) in [6.45, 7) is 2.12. The Hall–Kier alpha value is -2.00. The number of hydrogen-bond acceptors (Lipinski definition) is 3. The lowest BCUT2D eigenvalue weighted by Crippen LogP contribution is -2.21. The summed E-state index contributed by atoms with van der Waals surface area (Å²) in [5, 5.41) is 10.5. The molecule has 0 amide bonds. The van der Waals surface area contributed by atoms with Gasteiger partial charge in [0.15, 0.2) is 0 Å².